The zero-order valence-corrected chi connectivity index (χ0v) is 23.8. The molecule has 1 aliphatic heterocycles. The second kappa shape index (κ2) is 11.8. The zero-order valence-electron chi connectivity index (χ0n) is 23.8. The van der Waals surface area contributed by atoms with Gasteiger partial charge in [-0.1, -0.05) is 54.9 Å². The van der Waals surface area contributed by atoms with E-state index in [9.17, 15) is 9.90 Å². The highest BCUT2D eigenvalue weighted by atomic mass is 16.7. The van der Waals surface area contributed by atoms with Crippen LogP contribution in [0.5, 0.6) is 0 Å². The predicted molar refractivity (Wildman–Crippen MR) is 142 cm³/mol. The van der Waals surface area contributed by atoms with Gasteiger partial charge in [0.15, 0.2) is 5.79 Å². The molecule has 204 valence electrons. The van der Waals surface area contributed by atoms with Gasteiger partial charge in [-0.15, -0.1) is 0 Å². The fraction of sp³-hybridized carbons (Fsp3) is 0.967. The first-order valence-corrected chi connectivity index (χ1v) is 14.9. The lowest BCUT2D eigenvalue weighted by Crippen LogP contribution is -2.56. The lowest BCUT2D eigenvalue weighted by molar-refractivity contribution is -0.246. The third-order valence-corrected chi connectivity index (χ3v) is 10.5. The lowest BCUT2D eigenvalue weighted by atomic mass is 9.46. The number of carboxylic acid groups (broad SMARTS) is 1. The van der Waals surface area contributed by atoms with Gasteiger partial charge in [-0.2, -0.15) is 0 Å². The second-order valence-corrected chi connectivity index (χ2v) is 12.6. The smallest absolute Gasteiger partial charge is 0.320 e. The summed E-state index contributed by atoms with van der Waals surface area (Å²) < 4.78 is 12.6. The molecule has 7 atom stereocenters. The summed E-state index contributed by atoms with van der Waals surface area (Å²) in [4.78, 5) is 11.7. The molecule has 2 N–H and O–H groups in total. The van der Waals surface area contributed by atoms with Gasteiger partial charge in [0.25, 0.3) is 0 Å². The zero-order chi connectivity index (χ0) is 25.9. The van der Waals surface area contributed by atoms with Crippen LogP contribution in [0, 0.1) is 40.4 Å². The SMILES string of the molecule is CC.CCCC1(C)C(CCN[C@@H](CC(C)C)C(=O)O)CCC2C1CCC1(C)C2CCC12OCCO2. The van der Waals surface area contributed by atoms with Crippen LogP contribution >= 0.6 is 0 Å². The minimum absolute atomic E-state index is 0.164. The Morgan fingerprint density at radius 1 is 1.03 bits per heavy atom. The molecule has 0 aromatic carbocycles. The molecule has 3 aliphatic carbocycles. The molecular formula is C30H55NO4. The number of carbonyl (C=O) groups is 1. The molecule has 1 spiro atoms. The number of hydrogen-bond acceptors (Lipinski definition) is 4. The van der Waals surface area contributed by atoms with Crippen LogP contribution in [0.15, 0.2) is 0 Å². The van der Waals surface area contributed by atoms with Crippen LogP contribution in [0.2, 0.25) is 0 Å². The van der Waals surface area contributed by atoms with E-state index in [1.807, 2.05) is 13.8 Å². The third-order valence-electron chi connectivity index (χ3n) is 10.5. The molecule has 4 fully saturated rings. The standard InChI is InChI=1S/C28H49NO4.C2H6/c1-6-12-26(4)20(11-15-29-24(25(30)31)18-19(2)3)7-8-21-22(26)9-13-27(5)23(21)10-14-28(27)32-16-17-33-28;1-2/h19-24,29H,6-18H2,1-5H3,(H,30,31);1-2H3/t20?,21?,22?,23?,24-,26?,27?;/m0./s1. The summed E-state index contributed by atoms with van der Waals surface area (Å²) in [5.41, 5.74) is 0.516. The molecule has 35 heavy (non-hydrogen) atoms. The average molecular weight is 494 g/mol. The molecule has 4 aliphatic rings. The van der Waals surface area contributed by atoms with Crippen LogP contribution in [0.1, 0.15) is 113 Å². The van der Waals surface area contributed by atoms with Gasteiger partial charge in [-0.3, -0.25) is 4.79 Å². The Morgan fingerprint density at radius 3 is 2.29 bits per heavy atom. The molecule has 1 heterocycles. The van der Waals surface area contributed by atoms with Crippen molar-refractivity contribution < 1.29 is 19.4 Å². The molecule has 5 heteroatoms. The first kappa shape index (κ1) is 28.9. The predicted octanol–water partition coefficient (Wildman–Crippen LogP) is 6.89. The molecule has 4 rings (SSSR count). The Kier molecular flexibility index (Phi) is 9.76. The van der Waals surface area contributed by atoms with Crippen LogP contribution in [0.4, 0.5) is 0 Å². The van der Waals surface area contributed by atoms with Gasteiger partial charge >= 0.3 is 5.97 Å². The number of rotatable bonds is 9. The first-order chi connectivity index (χ1) is 16.7. The Hall–Kier alpha value is -0.650. The van der Waals surface area contributed by atoms with Crippen LogP contribution in [0.3, 0.4) is 0 Å². The van der Waals surface area contributed by atoms with E-state index < -0.39 is 12.0 Å². The van der Waals surface area contributed by atoms with Crippen LogP contribution in [-0.4, -0.2) is 42.7 Å². The highest BCUT2D eigenvalue weighted by Gasteiger charge is 2.66. The molecular weight excluding hydrogens is 438 g/mol. The van der Waals surface area contributed by atoms with Crippen molar-refractivity contribution in [2.75, 3.05) is 19.8 Å². The molecule has 3 saturated carbocycles. The van der Waals surface area contributed by atoms with Crippen molar-refractivity contribution in [3.8, 4) is 0 Å². The van der Waals surface area contributed by atoms with Crippen molar-refractivity contribution >= 4 is 5.97 Å². The van der Waals surface area contributed by atoms with Crippen molar-refractivity contribution in [2.45, 2.75) is 125 Å². The average Bonchev–Trinajstić information content (AvgIpc) is 3.41. The third kappa shape index (κ3) is 5.34. The Balaban J connectivity index is 0.00000167. The largest absolute Gasteiger partial charge is 0.480 e. The van der Waals surface area contributed by atoms with Gasteiger partial charge in [-0.05, 0) is 92.9 Å². The molecule has 0 bridgehead atoms. The van der Waals surface area contributed by atoms with Crippen LogP contribution in [0.25, 0.3) is 0 Å². The van der Waals surface area contributed by atoms with E-state index in [1.54, 1.807) is 0 Å². The van der Waals surface area contributed by atoms with Crippen LogP contribution < -0.4 is 5.32 Å². The molecule has 0 aromatic rings. The lowest BCUT2D eigenvalue weighted by Gasteiger charge is -2.60. The maximum Gasteiger partial charge on any atom is 0.320 e. The number of ether oxygens (including phenoxy) is 2. The summed E-state index contributed by atoms with van der Waals surface area (Å²) in [6, 6.07) is -0.421. The molecule has 5 nitrogen and oxygen atoms in total. The van der Waals surface area contributed by atoms with Gasteiger partial charge in [0, 0.05) is 11.8 Å². The fourth-order valence-corrected chi connectivity index (χ4v) is 9.00. The number of fused-ring (bicyclic) bond motifs is 4. The van der Waals surface area contributed by atoms with Crippen molar-refractivity contribution in [1.82, 2.24) is 5.32 Å². The number of carboxylic acids is 1. The monoisotopic (exact) mass is 493 g/mol. The van der Waals surface area contributed by atoms with Crippen LogP contribution in [-0.2, 0) is 14.3 Å². The molecule has 0 amide bonds. The van der Waals surface area contributed by atoms with Crippen molar-refractivity contribution in [2.24, 2.45) is 40.4 Å². The molecule has 0 aromatic heterocycles. The molecule has 6 unspecified atom stereocenters. The summed E-state index contributed by atoms with van der Waals surface area (Å²) >= 11 is 0. The van der Waals surface area contributed by atoms with E-state index in [0.717, 1.165) is 44.4 Å². The van der Waals surface area contributed by atoms with Gasteiger partial charge in [0.05, 0.1) is 13.2 Å². The molecule has 0 radical (unpaired) electrons. The second-order valence-electron chi connectivity index (χ2n) is 12.6. The number of hydrogen-bond donors (Lipinski definition) is 2. The van der Waals surface area contributed by atoms with Gasteiger partial charge in [0.1, 0.15) is 6.04 Å². The van der Waals surface area contributed by atoms with Crippen molar-refractivity contribution in [3.63, 3.8) is 0 Å². The van der Waals surface area contributed by atoms with E-state index in [-0.39, 0.29) is 11.2 Å². The maximum absolute atomic E-state index is 11.7. The number of nitrogens with one attached hydrogen (secondary N) is 1. The molecule has 1 saturated heterocycles. The first-order valence-electron chi connectivity index (χ1n) is 14.9. The summed E-state index contributed by atoms with van der Waals surface area (Å²) in [5, 5.41) is 13.0. The van der Waals surface area contributed by atoms with Crippen molar-refractivity contribution in [1.29, 1.82) is 0 Å². The highest BCUT2D eigenvalue weighted by Crippen LogP contribution is 2.68. The van der Waals surface area contributed by atoms with E-state index >= 15 is 0 Å². The summed E-state index contributed by atoms with van der Waals surface area (Å²) in [5.74, 6) is 2.32. The summed E-state index contributed by atoms with van der Waals surface area (Å²) in [6.07, 6.45) is 11.7. The van der Waals surface area contributed by atoms with E-state index in [0.29, 0.717) is 29.6 Å². The Labute approximate surface area is 215 Å². The Morgan fingerprint density at radius 2 is 1.69 bits per heavy atom. The highest BCUT2D eigenvalue weighted by molar-refractivity contribution is 5.73. The number of aliphatic carboxylic acids is 1. The minimum atomic E-state index is -0.707. The van der Waals surface area contributed by atoms with Gasteiger partial charge in [-0.25, -0.2) is 0 Å². The fourth-order valence-electron chi connectivity index (χ4n) is 9.00. The van der Waals surface area contributed by atoms with E-state index in [2.05, 4.69) is 39.9 Å². The maximum atomic E-state index is 11.7. The summed E-state index contributed by atoms with van der Waals surface area (Å²) in [6.45, 7) is 17.9. The topological polar surface area (TPSA) is 67.8 Å². The van der Waals surface area contributed by atoms with Gasteiger partial charge < -0.3 is 19.9 Å². The van der Waals surface area contributed by atoms with Crippen molar-refractivity contribution in [3.05, 3.63) is 0 Å². The quantitative estimate of drug-likeness (QED) is 0.366. The Bertz CT molecular complexity index is 690. The van der Waals surface area contributed by atoms with E-state index in [1.165, 1.54) is 44.9 Å². The normalized spacial score (nSPS) is 38.5. The summed E-state index contributed by atoms with van der Waals surface area (Å²) in [7, 11) is 0. The van der Waals surface area contributed by atoms with E-state index in [4.69, 9.17) is 9.47 Å². The van der Waals surface area contributed by atoms with Gasteiger partial charge in [0.2, 0.25) is 0 Å². The minimum Gasteiger partial charge on any atom is -0.480 e.